The van der Waals surface area contributed by atoms with Crippen LogP contribution in [0.2, 0.25) is 0 Å². The molecule has 3 rings (SSSR count). The summed E-state index contributed by atoms with van der Waals surface area (Å²) in [4.78, 5) is 8.60. The van der Waals surface area contributed by atoms with Gasteiger partial charge in [0.2, 0.25) is 5.95 Å². The molecule has 0 amide bonds. The molecule has 0 aliphatic rings. The van der Waals surface area contributed by atoms with E-state index in [9.17, 15) is 4.39 Å². The highest BCUT2D eigenvalue weighted by molar-refractivity contribution is 5.93. The molecule has 0 saturated heterocycles. The summed E-state index contributed by atoms with van der Waals surface area (Å²) in [6, 6.07) is 12.3. The Balaban J connectivity index is 2.04. The highest BCUT2D eigenvalue weighted by Crippen LogP contribution is 2.28. The average Bonchev–Trinajstić information content (AvgIpc) is 2.55. The molecule has 2 aromatic carbocycles. The Morgan fingerprint density at radius 3 is 2.52 bits per heavy atom. The zero-order valence-electron chi connectivity index (χ0n) is 13.0. The Bertz CT molecular complexity index is 815. The minimum absolute atomic E-state index is 0.243. The zero-order chi connectivity index (χ0) is 16.2. The molecule has 3 N–H and O–H groups in total. The number of rotatable bonds is 5. The lowest BCUT2D eigenvalue weighted by molar-refractivity contribution is 0.628. The van der Waals surface area contributed by atoms with Crippen molar-refractivity contribution in [2.24, 2.45) is 0 Å². The van der Waals surface area contributed by atoms with Crippen LogP contribution in [0.15, 0.2) is 42.5 Å². The largest absolute Gasteiger partial charge is 0.369 e. The van der Waals surface area contributed by atoms with Gasteiger partial charge in [0.1, 0.15) is 11.6 Å². The van der Waals surface area contributed by atoms with E-state index in [1.807, 2.05) is 18.2 Å². The van der Waals surface area contributed by atoms with Gasteiger partial charge in [0.15, 0.2) is 0 Å². The molecular formula is C18H19FN4. The first kappa shape index (κ1) is 15.2. The van der Waals surface area contributed by atoms with Gasteiger partial charge in [-0.15, -0.1) is 0 Å². The Labute approximate surface area is 134 Å². The summed E-state index contributed by atoms with van der Waals surface area (Å²) in [5.74, 6) is 0.753. The molecule has 0 bridgehead atoms. The predicted molar refractivity (Wildman–Crippen MR) is 92.7 cm³/mol. The highest BCUT2D eigenvalue weighted by Gasteiger charge is 2.08. The van der Waals surface area contributed by atoms with Gasteiger partial charge < -0.3 is 11.1 Å². The van der Waals surface area contributed by atoms with Crippen molar-refractivity contribution < 1.29 is 4.39 Å². The molecule has 5 heteroatoms. The number of unbranched alkanes of at least 4 members (excludes halogenated alkanes) is 1. The monoisotopic (exact) mass is 310 g/mol. The fraction of sp³-hybridized carbons (Fsp3) is 0.222. The van der Waals surface area contributed by atoms with E-state index in [4.69, 9.17) is 5.73 Å². The highest BCUT2D eigenvalue weighted by atomic mass is 19.1. The van der Waals surface area contributed by atoms with Crippen molar-refractivity contribution in [3.05, 3.63) is 48.3 Å². The summed E-state index contributed by atoms with van der Waals surface area (Å²) < 4.78 is 13.1. The number of hydrogen-bond acceptors (Lipinski definition) is 4. The molecule has 0 atom stereocenters. The second-order valence-electron chi connectivity index (χ2n) is 5.45. The van der Waals surface area contributed by atoms with Crippen LogP contribution in [0, 0.1) is 5.82 Å². The minimum Gasteiger partial charge on any atom is -0.369 e. The van der Waals surface area contributed by atoms with Crippen molar-refractivity contribution in [2.75, 3.05) is 17.6 Å². The van der Waals surface area contributed by atoms with Crippen LogP contribution in [0.4, 0.5) is 16.2 Å². The van der Waals surface area contributed by atoms with Crippen LogP contribution >= 0.6 is 0 Å². The van der Waals surface area contributed by atoms with Crippen LogP contribution < -0.4 is 11.1 Å². The van der Waals surface area contributed by atoms with Crippen LogP contribution in [0.25, 0.3) is 22.0 Å². The molecule has 23 heavy (non-hydrogen) atoms. The number of nitrogens with zero attached hydrogens (tertiary/aromatic N) is 2. The molecule has 118 valence electrons. The van der Waals surface area contributed by atoms with Gasteiger partial charge in [0, 0.05) is 11.9 Å². The molecule has 0 aliphatic carbocycles. The van der Waals surface area contributed by atoms with Gasteiger partial charge in [0.05, 0.1) is 5.52 Å². The molecular weight excluding hydrogens is 291 g/mol. The summed E-state index contributed by atoms with van der Waals surface area (Å²) in [5, 5.41) is 4.24. The van der Waals surface area contributed by atoms with Gasteiger partial charge in [-0.25, -0.2) is 9.37 Å². The lowest BCUT2D eigenvalue weighted by Crippen LogP contribution is -2.06. The Kier molecular flexibility index (Phi) is 4.37. The number of nitrogens with two attached hydrogens (primary N) is 1. The molecule has 0 radical (unpaired) electrons. The maximum atomic E-state index is 13.1. The van der Waals surface area contributed by atoms with Gasteiger partial charge in [-0.2, -0.15) is 4.98 Å². The van der Waals surface area contributed by atoms with Gasteiger partial charge in [-0.3, -0.25) is 0 Å². The van der Waals surface area contributed by atoms with E-state index in [1.165, 1.54) is 12.1 Å². The van der Waals surface area contributed by atoms with E-state index in [1.54, 1.807) is 12.1 Å². The third-order valence-corrected chi connectivity index (χ3v) is 3.71. The molecule has 0 aliphatic heterocycles. The summed E-state index contributed by atoms with van der Waals surface area (Å²) in [7, 11) is 0. The van der Waals surface area contributed by atoms with Crippen molar-refractivity contribution in [2.45, 2.75) is 19.8 Å². The lowest BCUT2D eigenvalue weighted by atomic mass is 10.0. The van der Waals surface area contributed by atoms with Crippen LogP contribution in [-0.4, -0.2) is 16.5 Å². The van der Waals surface area contributed by atoms with Crippen LogP contribution in [0.3, 0.4) is 0 Å². The number of anilines is 2. The van der Waals surface area contributed by atoms with Gasteiger partial charge in [0.25, 0.3) is 0 Å². The van der Waals surface area contributed by atoms with Gasteiger partial charge in [-0.05, 0) is 41.8 Å². The standard InChI is InChI=1S/C18H19FN4/c1-2-3-10-21-17-15-11-13(12-4-7-14(19)8-5-12)6-9-16(15)22-18(20)23-17/h4-9,11H,2-3,10H2,1H3,(H3,20,21,22,23). The molecule has 3 aromatic rings. The topological polar surface area (TPSA) is 63.8 Å². The molecule has 1 aromatic heterocycles. The fourth-order valence-electron chi connectivity index (χ4n) is 2.49. The normalized spacial score (nSPS) is 10.9. The number of nitrogen functional groups attached to an aromatic ring is 1. The number of benzene rings is 2. The van der Waals surface area contributed by atoms with Crippen molar-refractivity contribution >= 4 is 22.7 Å². The van der Waals surface area contributed by atoms with E-state index in [-0.39, 0.29) is 11.8 Å². The van der Waals surface area contributed by atoms with Crippen molar-refractivity contribution in [3.63, 3.8) is 0 Å². The first-order valence-corrected chi connectivity index (χ1v) is 7.74. The number of fused-ring (bicyclic) bond motifs is 1. The predicted octanol–water partition coefficient (Wildman–Crippen LogP) is 4.23. The van der Waals surface area contributed by atoms with Gasteiger partial charge in [-0.1, -0.05) is 31.5 Å². The first-order chi connectivity index (χ1) is 11.2. The van der Waals surface area contributed by atoms with E-state index < -0.39 is 0 Å². The first-order valence-electron chi connectivity index (χ1n) is 7.74. The third-order valence-electron chi connectivity index (χ3n) is 3.71. The summed E-state index contributed by atoms with van der Waals surface area (Å²) in [5.41, 5.74) is 8.52. The second-order valence-corrected chi connectivity index (χ2v) is 5.45. The van der Waals surface area contributed by atoms with Crippen LogP contribution in [0.1, 0.15) is 19.8 Å². The smallest absolute Gasteiger partial charge is 0.222 e. The van der Waals surface area contributed by atoms with Crippen LogP contribution in [0.5, 0.6) is 0 Å². The molecule has 0 unspecified atom stereocenters. The summed E-state index contributed by atoms with van der Waals surface area (Å²) in [6.45, 7) is 2.98. The molecule has 1 heterocycles. The van der Waals surface area contributed by atoms with E-state index in [0.717, 1.165) is 47.2 Å². The molecule has 0 fully saturated rings. The molecule has 4 nitrogen and oxygen atoms in total. The Morgan fingerprint density at radius 1 is 1.04 bits per heavy atom. The number of nitrogens with one attached hydrogen (secondary N) is 1. The number of hydrogen-bond donors (Lipinski definition) is 2. The Hall–Kier alpha value is -2.69. The van der Waals surface area contributed by atoms with E-state index in [0.29, 0.717) is 0 Å². The lowest BCUT2D eigenvalue weighted by Gasteiger charge is -2.10. The second kappa shape index (κ2) is 6.60. The summed E-state index contributed by atoms with van der Waals surface area (Å²) in [6.07, 6.45) is 2.16. The quantitative estimate of drug-likeness (QED) is 0.692. The average molecular weight is 310 g/mol. The number of halogens is 1. The van der Waals surface area contributed by atoms with Crippen molar-refractivity contribution in [1.29, 1.82) is 0 Å². The third kappa shape index (κ3) is 3.39. The SMILES string of the molecule is CCCCNc1nc(N)nc2ccc(-c3ccc(F)cc3)cc12. The van der Waals surface area contributed by atoms with E-state index in [2.05, 4.69) is 22.2 Å². The maximum Gasteiger partial charge on any atom is 0.222 e. The summed E-state index contributed by atoms with van der Waals surface area (Å²) >= 11 is 0. The molecule has 0 spiro atoms. The van der Waals surface area contributed by atoms with Gasteiger partial charge >= 0.3 is 0 Å². The fourth-order valence-corrected chi connectivity index (χ4v) is 2.49. The van der Waals surface area contributed by atoms with Crippen molar-refractivity contribution in [1.82, 2.24) is 9.97 Å². The maximum absolute atomic E-state index is 13.1. The minimum atomic E-state index is -0.243. The van der Waals surface area contributed by atoms with Crippen molar-refractivity contribution in [3.8, 4) is 11.1 Å². The molecule has 0 saturated carbocycles. The Morgan fingerprint density at radius 2 is 1.78 bits per heavy atom. The van der Waals surface area contributed by atoms with Crippen LogP contribution in [-0.2, 0) is 0 Å². The number of aromatic nitrogens is 2. The zero-order valence-corrected chi connectivity index (χ0v) is 13.0. The van der Waals surface area contributed by atoms with E-state index >= 15 is 0 Å².